The van der Waals surface area contributed by atoms with Crippen molar-refractivity contribution in [1.82, 2.24) is 15.7 Å². The molecular formula is C28H37N3O7. The number of nitrogens with one attached hydrogen (secondary N) is 2. The molecule has 10 nitrogen and oxygen atoms in total. The van der Waals surface area contributed by atoms with Crippen molar-refractivity contribution in [2.24, 2.45) is 5.92 Å². The number of ether oxygens (including phenoxy) is 1. The highest BCUT2D eigenvalue weighted by Crippen LogP contribution is 2.49. The van der Waals surface area contributed by atoms with E-state index in [1.807, 2.05) is 31.2 Å². The lowest BCUT2D eigenvalue weighted by Gasteiger charge is -2.29. The molecule has 206 valence electrons. The van der Waals surface area contributed by atoms with Crippen molar-refractivity contribution >= 4 is 24.2 Å². The maximum atomic E-state index is 12.9. The van der Waals surface area contributed by atoms with Crippen LogP contribution in [0.5, 0.6) is 0 Å². The van der Waals surface area contributed by atoms with Crippen LogP contribution in [0.2, 0.25) is 0 Å². The second-order valence-electron chi connectivity index (χ2n) is 9.61. The number of benzene rings is 1. The molecule has 0 bridgehead atoms. The summed E-state index contributed by atoms with van der Waals surface area (Å²) in [5.74, 6) is -1.19. The van der Waals surface area contributed by atoms with Crippen molar-refractivity contribution in [3.63, 3.8) is 0 Å². The Labute approximate surface area is 222 Å². The first-order chi connectivity index (χ1) is 18.3. The first kappa shape index (κ1) is 28.9. The second-order valence-corrected chi connectivity index (χ2v) is 9.61. The van der Waals surface area contributed by atoms with E-state index < -0.39 is 23.3 Å². The van der Waals surface area contributed by atoms with Crippen molar-refractivity contribution in [1.29, 1.82) is 0 Å². The lowest BCUT2D eigenvalue weighted by Crippen LogP contribution is -2.47. The molecule has 0 radical (unpaired) electrons. The summed E-state index contributed by atoms with van der Waals surface area (Å²) in [6.45, 7) is 3.70. The number of methoxy groups -OCH3 is 1. The molecule has 1 unspecified atom stereocenters. The van der Waals surface area contributed by atoms with E-state index in [1.165, 1.54) is 7.11 Å². The van der Waals surface area contributed by atoms with Gasteiger partial charge in [0, 0.05) is 5.56 Å². The standard InChI is InChI=1S/C28H37N3O7/c1-4-6-7-11-21(22(5-2)31(36)18-32)25(33)29-17-30-26(34)24-13-12-23(38-24)19-9-8-10-20(16-19)28(14-15-28)27(35)37-3/h8-10,12-13,16,18,21-22,36H,4-7,11,14-15,17H2,1-3H3,(H,29,33)(H,30,34)/t21?,22-/m1/s1. The van der Waals surface area contributed by atoms with Crippen LogP contribution >= 0.6 is 0 Å². The summed E-state index contributed by atoms with van der Waals surface area (Å²) in [6.07, 6.45) is 5.35. The van der Waals surface area contributed by atoms with Crippen LogP contribution in [0.15, 0.2) is 40.8 Å². The quantitative estimate of drug-likeness (QED) is 0.0800. The first-order valence-corrected chi connectivity index (χ1v) is 13.1. The molecule has 1 saturated carbocycles. The van der Waals surface area contributed by atoms with Crippen molar-refractivity contribution < 1.29 is 33.5 Å². The topological polar surface area (TPSA) is 138 Å². The molecule has 0 spiro atoms. The summed E-state index contributed by atoms with van der Waals surface area (Å²) in [5.41, 5.74) is 0.968. The molecule has 38 heavy (non-hydrogen) atoms. The highest BCUT2D eigenvalue weighted by atomic mass is 16.5. The van der Waals surface area contributed by atoms with Gasteiger partial charge in [0.15, 0.2) is 5.76 Å². The van der Waals surface area contributed by atoms with Crippen LogP contribution in [-0.2, 0) is 24.5 Å². The van der Waals surface area contributed by atoms with Crippen LogP contribution in [-0.4, -0.2) is 54.3 Å². The maximum Gasteiger partial charge on any atom is 0.316 e. The summed E-state index contributed by atoms with van der Waals surface area (Å²) >= 11 is 0. The van der Waals surface area contributed by atoms with E-state index in [2.05, 4.69) is 10.6 Å². The molecule has 1 aliphatic carbocycles. The van der Waals surface area contributed by atoms with Gasteiger partial charge in [0.1, 0.15) is 5.76 Å². The van der Waals surface area contributed by atoms with Crippen molar-refractivity contribution in [2.45, 2.75) is 70.3 Å². The Balaban J connectivity index is 1.61. The number of hydroxylamine groups is 2. The number of nitrogens with zero attached hydrogens (tertiary/aromatic N) is 1. The van der Waals surface area contributed by atoms with Gasteiger partial charge in [-0.2, -0.15) is 0 Å². The lowest BCUT2D eigenvalue weighted by atomic mass is 9.90. The Morgan fingerprint density at radius 1 is 1.16 bits per heavy atom. The molecule has 3 amide bonds. The van der Waals surface area contributed by atoms with Crippen molar-refractivity contribution in [3.05, 3.63) is 47.7 Å². The van der Waals surface area contributed by atoms with E-state index in [0.29, 0.717) is 30.1 Å². The fourth-order valence-corrected chi connectivity index (χ4v) is 4.79. The predicted octanol–water partition coefficient (Wildman–Crippen LogP) is 3.78. The van der Waals surface area contributed by atoms with Gasteiger partial charge in [0.25, 0.3) is 5.91 Å². The van der Waals surface area contributed by atoms with Crippen LogP contribution in [0.1, 0.15) is 74.9 Å². The maximum absolute atomic E-state index is 12.9. The molecule has 1 fully saturated rings. The molecule has 1 aliphatic rings. The summed E-state index contributed by atoms with van der Waals surface area (Å²) in [6, 6.07) is 10.00. The smallest absolute Gasteiger partial charge is 0.316 e. The molecule has 1 heterocycles. The van der Waals surface area contributed by atoms with Crippen molar-refractivity contribution in [2.75, 3.05) is 13.8 Å². The number of amides is 3. The highest BCUT2D eigenvalue weighted by Gasteiger charge is 2.52. The summed E-state index contributed by atoms with van der Waals surface area (Å²) in [7, 11) is 1.38. The SMILES string of the molecule is CCCCCC(C(=O)NCNC(=O)c1ccc(-c2cccc(C3(C(=O)OC)CC3)c2)o1)[C@@H](CC)N(O)C=O. The zero-order chi connectivity index (χ0) is 27.7. The van der Waals surface area contributed by atoms with Gasteiger partial charge >= 0.3 is 5.97 Å². The van der Waals surface area contributed by atoms with Crippen LogP contribution in [0.4, 0.5) is 0 Å². The van der Waals surface area contributed by atoms with Crippen LogP contribution < -0.4 is 10.6 Å². The molecule has 10 heteroatoms. The van der Waals surface area contributed by atoms with E-state index in [-0.39, 0.29) is 24.3 Å². The minimum Gasteiger partial charge on any atom is -0.468 e. The van der Waals surface area contributed by atoms with Gasteiger partial charge in [-0.1, -0.05) is 51.3 Å². The Morgan fingerprint density at radius 3 is 2.55 bits per heavy atom. The van der Waals surface area contributed by atoms with Gasteiger partial charge in [-0.25, -0.2) is 5.06 Å². The summed E-state index contributed by atoms with van der Waals surface area (Å²) in [5, 5.41) is 15.8. The van der Waals surface area contributed by atoms with Gasteiger partial charge in [0.05, 0.1) is 31.2 Å². The monoisotopic (exact) mass is 527 g/mol. The molecule has 2 aromatic rings. The average Bonchev–Trinajstić information content (AvgIpc) is 3.60. The number of furan rings is 1. The fourth-order valence-electron chi connectivity index (χ4n) is 4.79. The molecule has 0 saturated heterocycles. The Bertz CT molecular complexity index is 1130. The van der Waals surface area contributed by atoms with Crippen LogP contribution in [0.25, 0.3) is 11.3 Å². The molecule has 1 aromatic heterocycles. The highest BCUT2D eigenvalue weighted by molar-refractivity contribution is 5.92. The Morgan fingerprint density at radius 2 is 1.92 bits per heavy atom. The molecular weight excluding hydrogens is 490 g/mol. The minimum atomic E-state index is -0.655. The molecule has 0 aliphatic heterocycles. The van der Waals surface area contributed by atoms with Gasteiger partial charge in [-0.3, -0.25) is 24.4 Å². The number of hydrogen-bond donors (Lipinski definition) is 3. The van der Waals surface area contributed by atoms with E-state index in [0.717, 1.165) is 43.2 Å². The van der Waals surface area contributed by atoms with E-state index >= 15 is 0 Å². The zero-order valence-electron chi connectivity index (χ0n) is 22.2. The third-order valence-electron chi connectivity index (χ3n) is 7.15. The summed E-state index contributed by atoms with van der Waals surface area (Å²) in [4.78, 5) is 48.9. The molecule has 3 N–H and O–H groups in total. The van der Waals surface area contributed by atoms with E-state index in [4.69, 9.17) is 9.15 Å². The average molecular weight is 528 g/mol. The zero-order valence-corrected chi connectivity index (χ0v) is 22.2. The number of hydrogen-bond acceptors (Lipinski definition) is 7. The van der Waals surface area contributed by atoms with Crippen LogP contribution in [0.3, 0.4) is 0 Å². The Hall–Kier alpha value is -3.66. The minimum absolute atomic E-state index is 0.0715. The van der Waals surface area contributed by atoms with Gasteiger partial charge in [-0.15, -0.1) is 0 Å². The van der Waals surface area contributed by atoms with E-state index in [1.54, 1.807) is 19.1 Å². The van der Waals surface area contributed by atoms with E-state index in [9.17, 15) is 24.4 Å². The first-order valence-electron chi connectivity index (χ1n) is 13.1. The lowest BCUT2D eigenvalue weighted by molar-refractivity contribution is -0.168. The predicted molar refractivity (Wildman–Crippen MR) is 139 cm³/mol. The fraction of sp³-hybridized carbons (Fsp3) is 0.500. The third-order valence-corrected chi connectivity index (χ3v) is 7.15. The number of carbonyl (C=O) groups excluding carboxylic acids is 4. The van der Waals surface area contributed by atoms with Gasteiger partial charge in [-0.05, 0) is 49.4 Å². The largest absolute Gasteiger partial charge is 0.468 e. The Kier molecular flexibility index (Phi) is 10.1. The molecule has 1 aromatic carbocycles. The molecule has 2 atom stereocenters. The number of unbranched alkanes of at least 4 members (excludes halogenated alkanes) is 2. The van der Waals surface area contributed by atoms with Gasteiger partial charge in [0.2, 0.25) is 12.3 Å². The second kappa shape index (κ2) is 13.2. The third kappa shape index (κ3) is 6.61. The van der Waals surface area contributed by atoms with Crippen LogP contribution in [0, 0.1) is 5.92 Å². The van der Waals surface area contributed by atoms with Crippen molar-refractivity contribution in [3.8, 4) is 11.3 Å². The number of rotatable bonds is 15. The summed E-state index contributed by atoms with van der Waals surface area (Å²) < 4.78 is 10.7. The molecule has 3 rings (SSSR count). The number of esters is 1. The number of carbonyl (C=O) groups is 4. The normalized spacial score (nSPS) is 15.2. The van der Waals surface area contributed by atoms with Gasteiger partial charge < -0.3 is 19.8 Å².